The van der Waals surface area contributed by atoms with Crippen LogP contribution in [0.2, 0.25) is 0 Å². The Morgan fingerprint density at radius 1 is 1.33 bits per heavy atom. The summed E-state index contributed by atoms with van der Waals surface area (Å²) in [6, 6.07) is 0. The van der Waals surface area contributed by atoms with Gasteiger partial charge in [-0.3, -0.25) is 0 Å². The molecule has 2 saturated carbocycles. The fraction of sp³-hybridized carbons (Fsp3) is 1.00. The maximum absolute atomic E-state index is 13.0. The Morgan fingerprint density at radius 2 is 1.83 bits per heavy atom. The fourth-order valence-electron chi connectivity index (χ4n) is 2.60. The molecule has 2 rings (SSSR count). The molecule has 0 heterocycles. The van der Waals surface area contributed by atoms with Crippen LogP contribution < -0.4 is 5.73 Å². The van der Waals surface area contributed by atoms with E-state index in [2.05, 4.69) is 0 Å². The number of hydrogen-bond donors (Lipinski definition) is 1. The Hall–Kier alpha value is -0.180. The summed E-state index contributed by atoms with van der Waals surface area (Å²) in [5.41, 5.74) is 4.35. The van der Waals surface area contributed by atoms with Crippen molar-refractivity contribution in [2.75, 3.05) is 0 Å². The van der Waals surface area contributed by atoms with E-state index in [0.717, 1.165) is 25.7 Å². The van der Waals surface area contributed by atoms with Gasteiger partial charge in [-0.05, 0) is 24.7 Å². The van der Waals surface area contributed by atoms with Gasteiger partial charge in [0, 0.05) is 6.42 Å². The van der Waals surface area contributed by atoms with Crippen LogP contribution >= 0.6 is 0 Å². The molecule has 3 heteroatoms. The van der Waals surface area contributed by atoms with Crippen molar-refractivity contribution in [1.82, 2.24) is 0 Å². The quantitative estimate of drug-likeness (QED) is 0.684. The number of nitrogens with two attached hydrogens (primary N) is 1. The minimum atomic E-state index is -2.58. The summed E-state index contributed by atoms with van der Waals surface area (Å²) in [6.07, 6.45) is 3.58. The van der Waals surface area contributed by atoms with Crippen molar-refractivity contribution in [2.45, 2.75) is 50.5 Å². The second kappa shape index (κ2) is 2.00. The average Bonchev–Trinajstić information content (AvgIpc) is 2.31. The van der Waals surface area contributed by atoms with Gasteiger partial charge in [0.05, 0.1) is 5.54 Å². The van der Waals surface area contributed by atoms with Gasteiger partial charge in [0.15, 0.2) is 0 Å². The number of halogens is 2. The molecule has 70 valence electrons. The third kappa shape index (κ3) is 0.709. The lowest BCUT2D eigenvalue weighted by molar-refractivity contribution is -0.00756. The van der Waals surface area contributed by atoms with Crippen molar-refractivity contribution in [3.8, 4) is 0 Å². The van der Waals surface area contributed by atoms with E-state index in [4.69, 9.17) is 5.73 Å². The topological polar surface area (TPSA) is 26.0 Å². The van der Waals surface area contributed by atoms with Crippen LogP contribution in [-0.4, -0.2) is 11.5 Å². The molecular formula is C9H15F2N. The smallest absolute Gasteiger partial charge is 0.268 e. The monoisotopic (exact) mass is 175 g/mol. The van der Waals surface area contributed by atoms with Gasteiger partial charge < -0.3 is 5.73 Å². The highest BCUT2D eigenvalue weighted by atomic mass is 19.3. The van der Waals surface area contributed by atoms with Gasteiger partial charge in [-0.15, -0.1) is 0 Å². The van der Waals surface area contributed by atoms with Crippen LogP contribution in [0.5, 0.6) is 0 Å². The molecule has 0 spiro atoms. The third-order valence-corrected chi connectivity index (χ3v) is 3.96. The lowest BCUT2D eigenvalue weighted by atomic mass is 9.61. The zero-order valence-electron chi connectivity index (χ0n) is 7.37. The summed E-state index contributed by atoms with van der Waals surface area (Å²) < 4.78 is 25.9. The predicted molar refractivity (Wildman–Crippen MR) is 43.1 cm³/mol. The summed E-state index contributed by atoms with van der Waals surface area (Å²) in [5.74, 6) is -2.58. The second-order valence-electron chi connectivity index (χ2n) is 4.34. The van der Waals surface area contributed by atoms with Crippen LogP contribution in [0, 0.1) is 5.41 Å². The first-order valence-corrected chi connectivity index (χ1v) is 4.64. The highest BCUT2D eigenvalue weighted by Crippen LogP contribution is 2.67. The number of rotatable bonds is 2. The Morgan fingerprint density at radius 3 is 1.92 bits per heavy atom. The third-order valence-electron chi connectivity index (χ3n) is 3.96. The molecule has 0 amide bonds. The van der Waals surface area contributed by atoms with Crippen LogP contribution in [0.25, 0.3) is 0 Å². The van der Waals surface area contributed by atoms with Crippen molar-refractivity contribution in [2.24, 2.45) is 11.1 Å². The van der Waals surface area contributed by atoms with E-state index in [1.54, 1.807) is 0 Å². The average molecular weight is 175 g/mol. The molecule has 0 radical (unpaired) electrons. The largest absolute Gasteiger partial charge is 0.319 e. The van der Waals surface area contributed by atoms with Gasteiger partial charge in [0.2, 0.25) is 0 Å². The molecule has 0 aromatic carbocycles. The Labute approximate surface area is 71.3 Å². The lowest BCUT2D eigenvalue weighted by Crippen LogP contribution is -2.52. The number of hydrogen-bond acceptors (Lipinski definition) is 1. The van der Waals surface area contributed by atoms with E-state index in [1.807, 2.05) is 6.92 Å². The lowest BCUT2D eigenvalue weighted by Gasteiger charge is -2.46. The van der Waals surface area contributed by atoms with E-state index in [9.17, 15) is 8.78 Å². The Balaban J connectivity index is 2.19. The van der Waals surface area contributed by atoms with E-state index < -0.39 is 11.5 Å². The van der Waals surface area contributed by atoms with Crippen molar-refractivity contribution in [3.05, 3.63) is 0 Å². The fourth-order valence-corrected chi connectivity index (χ4v) is 2.60. The zero-order chi connectivity index (χ0) is 9.04. The first kappa shape index (κ1) is 8.42. The SMILES string of the molecule is CCC1(C2(N)CC2(F)F)CCC1. The molecule has 0 aromatic heterocycles. The summed E-state index contributed by atoms with van der Waals surface area (Å²) in [4.78, 5) is 0. The van der Waals surface area contributed by atoms with Crippen LogP contribution in [-0.2, 0) is 0 Å². The van der Waals surface area contributed by atoms with Crippen LogP contribution in [0.3, 0.4) is 0 Å². The molecule has 2 aliphatic carbocycles. The highest BCUT2D eigenvalue weighted by Gasteiger charge is 2.77. The first-order valence-electron chi connectivity index (χ1n) is 4.64. The van der Waals surface area contributed by atoms with Gasteiger partial charge in [-0.2, -0.15) is 0 Å². The van der Waals surface area contributed by atoms with Crippen molar-refractivity contribution < 1.29 is 8.78 Å². The maximum Gasteiger partial charge on any atom is 0.268 e. The van der Waals surface area contributed by atoms with E-state index in [-0.39, 0.29) is 11.8 Å². The predicted octanol–water partition coefficient (Wildman–Crippen LogP) is 2.30. The summed E-state index contributed by atoms with van der Waals surface area (Å²) >= 11 is 0. The van der Waals surface area contributed by atoms with Crippen molar-refractivity contribution >= 4 is 0 Å². The maximum atomic E-state index is 13.0. The van der Waals surface area contributed by atoms with E-state index in [1.165, 1.54) is 0 Å². The normalized spacial score (nSPS) is 42.0. The minimum absolute atomic E-state index is 0.0894. The summed E-state index contributed by atoms with van der Waals surface area (Å²) in [5, 5.41) is 0. The molecule has 1 nitrogen and oxygen atoms in total. The summed E-state index contributed by atoms with van der Waals surface area (Å²) in [7, 11) is 0. The molecule has 12 heavy (non-hydrogen) atoms. The molecule has 2 N–H and O–H groups in total. The molecule has 1 unspecified atom stereocenters. The standard InChI is InChI=1S/C9H15F2N/c1-2-7(4-3-5-7)8(12)6-9(8,10)11/h2-6,12H2,1H3. The molecule has 1 atom stereocenters. The molecule has 2 fully saturated rings. The Bertz CT molecular complexity index is 205. The highest BCUT2D eigenvalue weighted by molar-refractivity contribution is 5.26. The van der Waals surface area contributed by atoms with E-state index in [0.29, 0.717) is 0 Å². The van der Waals surface area contributed by atoms with Crippen LogP contribution in [0.4, 0.5) is 8.78 Å². The van der Waals surface area contributed by atoms with Gasteiger partial charge in [-0.25, -0.2) is 8.78 Å². The van der Waals surface area contributed by atoms with Gasteiger partial charge in [0.1, 0.15) is 0 Å². The molecule has 0 aliphatic heterocycles. The van der Waals surface area contributed by atoms with E-state index >= 15 is 0 Å². The molecular weight excluding hydrogens is 160 g/mol. The molecule has 0 saturated heterocycles. The van der Waals surface area contributed by atoms with Crippen molar-refractivity contribution in [3.63, 3.8) is 0 Å². The van der Waals surface area contributed by atoms with Gasteiger partial charge in [-0.1, -0.05) is 13.3 Å². The molecule has 0 bridgehead atoms. The van der Waals surface area contributed by atoms with Gasteiger partial charge in [0.25, 0.3) is 5.92 Å². The minimum Gasteiger partial charge on any atom is -0.319 e. The number of alkyl halides is 2. The molecule has 0 aromatic rings. The molecule has 2 aliphatic rings. The first-order chi connectivity index (χ1) is 5.47. The van der Waals surface area contributed by atoms with Crippen LogP contribution in [0.1, 0.15) is 39.0 Å². The zero-order valence-corrected chi connectivity index (χ0v) is 7.37. The van der Waals surface area contributed by atoms with Crippen LogP contribution in [0.15, 0.2) is 0 Å². The summed E-state index contributed by atoms with van der Waals surface area (Å²) in [6.45, 7) is 1.97. The van der Waals surface area contributed by atoms with Crippen molar-refractivity contribution in [1.29, 1.82) is 0 Å². The second-order valence-corrected chi connectivity index (χ2v) is 4.34. The van der Waals surface area contributed by atoms with Gasteiger partial charge >= 0.3 is 0 Å². The Kier molecular flexibility index (Phi) is 1.41.